The number of ketones is 1. The summed E-state index contributed by atoms with van der Waals surface area (Å²) in [6.07, 6.45) is 9.68. The van der Waals surface area contributed by atoms with Crippen molar-refractivity contribution in [2.24, 2.45) is 0 Å². The van der Waals surface area contributed by atoms with Crippen LogP contribution in [0.1, 0.15) is 44.6 Å². The molecule has 0 spiro atoms. The lowest BCUT2D eigenvalue weighted by molar-refractivity contribution is -0.112. The summed E-state index contributed by atoms with van der Waals surface area (Å²) >= 11 is 0. The van der Waals surface area contributed by atoms with E-state index in [0.29, 0.717) is 6.10 Å². The molecule has 3 nitrogen and oxygen atoms in total. The second-order valence-electron chi connectivity index (χ2n) is 5.23. The lowest BCUT2D eigenvalue weighted by atomic mass is 9.98. The van der Waals surface area contributed by atoms with Gasteiger partial charge in [-0.3, -0.25) is 4.79 Å². The van der Waals surface area contributed by atoms with Crippen molar-refractivity contribution in [3.8, 4) is 11.5 Å². The predicted octanol–water partition coefficient (Wildman–Crippen LogP) is 4.01. The van der Waals surface area contributed by atoms with E-state index in [1.165, 1.54) is 26.2 Å². The molecule has 3 heteroatoms. The van der Waals surface area contributed by atoms with Crippen molar-refractivity contribution in [1.29, 1.82) is 0 Å². The van der Waals surface area contributed by atoms with Gasteiger partial charge in [-0.1, -0.05) is 18.6 Å². The van der Waals surface area contributed by atoms with E-state index in [1.54, 1.807) is 19.3 Å². The molecule has 0 radical (unpaired) electrons. The lowest BCUT2D eigenvalue weighted by Crippen LogP contribution is -2.19. The van der Waals surface area contributed by atoms with Crippen LogP contribution in [-0.2, 0) is 4.79 Å². The molecule has 1 fully saturated rings. The first-order chi connectivity index (χ1) is 9.69. The Morgan fingerprint density at radius 1 is 1.20 bits per heavy atom. The summed E-state index contributed by atoms with van der Waals surface area (Å²) in [5, 5.41) is 0. The molecular weight excluding hydrogens is 252 g/mol. The number of ether oxygens (including phenoxy) is 2. The zero-order chi connectivity index (χ0) is 14.4. The van der Waals surface area contributed by atoms with Gasteiger partial charge in [0.2, 0.25) is 0 Å². The van der Waals surface area contributed by atoms with Gasteiger partial charge in [0.05, 0.1) is 13.2 Å². The van der Waals surface area contributed by atoms with E-state index in [9.17, 15) is 4.79 Å². The number of hydrogen-bond acceptors (Lipinski definition) is 3. The van der Waals surface area contributed by atoms with E-state index in [2.05, 4.69) is 0 Å². The first-order valence-corrected chi connectivity index (χ1v) is 7.22. The molecule has 0 saturated heterocycles. The maximum Gasteiger partial charge on any atom is 0.161 e. The van der Waals surface area contributed by atoms with E-state index >= 15 is 0 Å². The van der Waals surface area contributed by atoms with Gasteiger partial charge in [-0.05, 0) is 56.4 Å². The van der Waals surface area contributed by atoms with Gasteiger partial charge in [0.25, 0.3) is 0 Å². The maximum atomic E-state index is 11.0. The highest BCUT2D eigenvalue weighted by molar-refractivity contribution is 5.91. The topological polar surface area (TPSA) is 35.5 Å². The first-order valence-electron chi connectivity index (χ1n) is 7.22. The molecule has 0 heterocycles. The van der Waals surface area contributed by atoms with E-state index in [1.807, 2.05) is 18.2 Å². The Balaban J connectivity index is 2.10. The van der Waals surface area contributed by atoms with Crippen LogP contribution in [-0.4, -0.2) is 19.0 Å². The van der Waals surface area contributed by atoms with Gasteiger partial charge >= 0.3 is 0 Å². The lowest BCUT2D eigenvalue weighted by Gasteiger charge is -2.24. The molecule has 20 heavy (non-hydrogen) atoms. The number of carbonyl (C=O) groups is 1. The molecule has 0 aromatic heterocycles. The molecule has 0 aliphatic heterocycles. The summed E-state index contributed by atoms with van der Waals surface area (Å²) in [6, 6.07) is 5.77. The first kappa shape index (κ1) is 14.6. The summed E-state index contributed by atoms with van der Waals surface area (Å²) in [5.41, 5.74) is 0.938. The zero-order valence-electron chi connectivity index (χ0n) is 12.2. The molecule has 0 amide bonds. The SMILES string of the molecule is COc1cc(/C=C/C(C)=O)ccc1OC1CCCCC1. The van der Waals surface area contributed by atoms with Gasteiger partial charge in [-0.15, -0.1) is 0 Å². The average molecular weight is 274 g/mol. The molecule has 1 aromatic carbocycles. The van der Waals surface area contributed by atoms with Crippen molar-refractivity contribution in [3.05, 3.63) is 29.8 Å². The van der Waals surface area contributed by atoms with Gasteiger partial charge in [0.15, 0.2) is 17.3 Å². The predicted molar refractivity (Wildman–Crippen MR) is 80.2 cm³/mol. The highest BCUT2D eigenvalue weighted by atomic mass is 16.5. The van der Waals surface area contributed by atoms with Crippen LogP contribution in [0.3, 0.4) is 0 Å². The van der Waals surface area contributed by atoms with Crippen molar-refractivity contribution in [1.82, 2.24) is 0 Å². The van der Waals surface area contributed by atoms with E-state index in [-0.39, 0.29) is 5.78 Å². The van der Waals surface area contributed by atoms with Gasteiger partial charge in [-0.2, -0.15) is 0 Å². The highest BCUT2D eigenvalue weighted by Gasteiger charge is 2.16. The molecule has 0 bridgehead atoms. The Bertz CT molecular complexity index is 485. The second-order valence-corrected chi connectivity index (χ2v) is 5.23. The Morgan fingerprint density at radius 2 is 1.95 bits per heavy atom. The minimum atomic E-state index is 0.0338. The van der Waals surface area contributed by atoms with Gasteiger partial charge in [0, 0.05) is 0 Å². The summed E-state index contributed by atoms with van der Waals surface area (Å²) in [4.78, 5) is 11.0. The van der Waals surface area contributed by atoms with Crippen LogP contribution in [0.2, 0.25) is 0 Å². The number of carbonyl (C=O) groups excluding carboxylic acids is 1. The molecule has 1 saturated carbocycles. The van der Waals surface area contributed by atoms with E-state index in [0.717, 1.165) is 29.9 Å². The third-order valence-electron chi connectivity index (χ3n) is 3.54. The number of rotatable bonds is 5. The quantitative estimate of drug-likeness (QED) is 0.761. The van der Waals surface area contributed by atoms with Crippen LogP contribution >= 0.6 is 0 Å². The van der Waals surface area contributed by atoms with Crippen molar-refractivity contribution in [2.75, 3.05) is 7.11 Å². The van der Waals surface area contributed by atoms with Crippen molar-refractivity contribution < 1.29 is 14.3 Å². The molecule has 1 aromatic rings. The Labute approximate surface area is 120 Å². The number of hydrogen-bond donors (Lipinski definition) is 0. The molecule has 1 aliphatic rings. The largest absolute Gasteiger partial charge is 0.493 e. The molecule has 0 atom stereocenters. The molecule has 2 rings (SSSR count). The van der Waals surface area contributed by atoms with Crippen molar-refractivity contribution in [2.45, 2.75) is 45.1 Å². The van der Waals surface area contributed by atoms with Crippen molar-refractivity contribution in [3.63, 3.8) is 0 Å². The molecule has 1 aliphatic carbocycles. The monoisotopic (exact) mass is 274 g/mol. The van der Waals surface area contributed by atoms with Crippen LogP contribution in [0.5, 0.6) is 11.5 Å². The van der Waals surface area contributed by atoms with Crippen LogP contribution < -0.4 is 9.47 Å². The van der Waals surface area contributed by atoms with Crippen LogP contribution in [0.15, 0.2) is 24.3 Å². The average Bonchev–Trinajstić information content (AvgIpc) is 2.47. The number of benzene rings is 1. The number of methoxy groups -OCH3 is 1. The minimum Gasteiger partial charge on any atom is -0.493 e. The van der Waals surface area contributed by atoms with Crippen molar-refractivity contribution >= 4 is 11.9 Å². The minimum absolute atomic E-state index is 0.0338. The molecular formula is C17H22O3. The molecule has 0 N–H and O–H groups in total. The summed E-state index contributed by atoms with van der Waals surface area (Å²) in [6.45, 7) is 1.54. The molecule has 108 valence electrons. The van der Waals surface area contributed by atoms with Gasteiger partial charge in [0.1, 0.15) is 0 Å². The van der Waals surface area contributed by atoms with Crippen LogP contribution in [0.4, 0.5) is 0 Å². The normalized spacial score (nSPS) is 16.3. The fourth-order valence-corrected chi connectivity index (χ4v) is 2.46. The Hall–Kier alpha value is -1.77. The standard InChI is InChI=1S/C17H22O3/c1-13(18)8-9-14-10-11-16(17(12-14)19-2)20-15-6-4-3-5-7-15/h8-12,15H,3-7H2,1-2H3/b9-8+. The summed E-state index contributed by atoms with van der Waals surface area (Å²) < 4.78 is 11.4. The third kappa shape index (κ3) is 4.12. The van der Waals surface area contributed by atoms with Crippen LogP contribution in [0, 0.1) is 0 Å². The Morgan fingerprint density at radius 3 is 2.60 bits per heavy atom. The van der Waals surface area contributed by atoms with E-state index in [4.69, 9.17) is 9.47 Å². The fraction of sp³-hybridized carbons (Fsp3) is 0.471. The molecule has 0 unspecified atom stereocenters. The highest BCUT2D eigenvalue weighted by Crippen LogP contribution is 2.32. The number of allylic oxidation sites excluding steroid dienone is 1. The Kier molecular flexibility index (Phi) is 5.22. The maximum absolute atomic E-state index is 11.0. The second kappa shape index (κ2) is 7.13. The van der Waals surface area contributed by atoms with Gasteiger partial charge < -0.3 is 9.47 Å². The van der Waals surface area contributed by atoms with Gasteiger partial charge in [-0.25, -0.2) is 0 Å². The zero-order valence-corrected chi connectivity index (χ0v) is 12.2. The third-order valence-corrected chi connectivity index (χ3v) is 3.54. The fourth-order valence-electron chi connectivity index (χ4n) is 2.46. The summed E-state index contributed by atoms with van der Waals surface area (Å²) in [5.74, 6) is 1.55. The summed E-state index contributed by atoms with van der Waals surface area (Å²) in [7, 11) is 1.64. The van der Waals surface area contributed by atoms with Crippen LogP contribution in [0.25, 0.3) is 6.08 Å². The smallest absolute Gasteiger partial charge is 0.161 e. The van der Waals surface area contributed by atoms with E-state index < -0.39 is 0 Å².